The smallest absolute Gasteiger partial charge is 0.232 e. The molecule has 5 nitrogen and oxygen atoms in total. The van der Waals surface area contributed by atoms with E-state index in [1.165, 1.54) is 0 Å². The normalized spacial score (nSPS) is 11.4. The Morgan fingerprint density at radius 3 is 2.48 bits per heavy atom. The summed E-state index contributed by atoms with van der Waals surface area (Å²) in [6.07, 6.45) is 0. The van der Waals surface area contributed by atoms with Gasteiger partial charge in [0.1, 0.15) is 11.5 Å². The Morgan fingerprint density at radius 2 is 1.95 bits per heavy atom. The van der Waals surface area contributed by atoms with Gasteiger partial charge in [-0.1, -0.05) is 17.3 Å². The van der Waals surface area contributed by atoms with Crippen molar-refractivity contribution in [1.82, 2.24) is 10.1 Å². The maximum Gasteiger partial charge on any atom is 0.232 e. The zero-order valence-electron chi connectivity index (χ0n) is 12.9. The molecule has 1 aromatic heterocycles. The molecule has 0 aliphatic rings. The highest BCUT2D eigenvalue weighted by atomic mass is 16.5. The average Bonchev–Trinajstić information content (AvgIpc) is 2.83. The van der Waals surface area contributed by atoms with E-state index in [2.05, 4.69) is 5.16 Å². The van der Waals surface area contributed by atoms with Crippen LogP contribution in [0.5, 0.6) is 0 Å². The number of aromatic nitrogens is 1. The molecule has 0 aliphatic heterocycles. The Morgan fingerprint density at radius 1 is 1.33 bits per heavy atom. The number of carbonyl (C=O) groups is 1. The highest BCUT2D eigenvalue weighted by Crippen LogP contribution is 2.26. The number of rotatable bonds is 4. The second-order valence-corrected chi connectivity index (χ2v) is 5.84. The Labute approximate surface area is 124 Å². The number of anilines is 1. The van der Waals surface area contributed by atoms with Crippen molar-refractivity contribution >= 4 is 11.6 Å². The third-order valence-corrected chi connectivity index (χ3v) is 3.59. The van der Waals surface area contributed by atoms with Crippen LogP contribution < -0.4 is 5.73 Å². The molecule has 1 aromatic carbocycles. The number of nitrogens with two attached hydrogens (primary N) is 1. The van der Waals surface area contributed by atoms with Gasteiger partial charge >= 0.3 is 0 Å². The van der Waals surface area contributed by atoms with Crippen molar-refractivity contribution in [2.24, 2.45) is 0 Å². The van der Waals surface area contributed by atoms with Gasteiger partial charge in [-0.3, -0.25) is 4.79 Å². The van der Waals surface area contributed by atoms with Crippen molar-refractivity contribution < 1.29 is 9.32 Å². The zero-order valence-corrected chi connectivity index (χ0v) is 12.9. The molecule has 0 radical (unpaired) electrons. The number of carbonyl (C=O) groups excluding carboxylic acids is 1. The summed E-state index contributed by atoms with van der Waals surface area (Å²) in [7, 11) is 1.77. The third-order valence-electron chi connectivity index (χ3n) is 3.59. The monoisotopic (exact) mass is 287 g/mol. The Bertz CT molecular complexity index is 629. The number of hydrogen-bond donors (Lipinski definition) is 1. The minimum atomic E-state index is -0.624. The van der Waals surface area contributed by atoms with Crippen LogP contribution in [0.25, 0.3) is 0 Å². The SMILES string of the molecule is Cc1cc(CN(C)C(=O)C(C)(C)c2ccc(N)cc2)no1. The summed E-state index contributed by atoms with van der Waals surface area (Å²) in [6, 6.07) is 9.24. The van der Waals surface area contributed by atoms with Crippen LogP contribution in [0.2, 0.25) is 0 Å². The van der Waals surface area contributed by atoms with E-state index in [1.54, 1.807) is 11.9 Å². The molecule has 0 spiro atoms. The van der Waals surface area contributed by atoms with Crippen molar-refractivity contribution in [1.29, 1.82) is 0 Å². The summed E-state index contributed by atoms with van der Waals surface area (Å²) in [5, 5.41) is 3.92. The van der Waals surface area contributed by atoms with Gasteiger partial charge in [-0.25, -0.2) is 0 Å². The van der Waals surface area contributed by atoms with Crippen molar-refractivity contribution in [2.75, 3.05) is 12.8 Å². The van der Waals surface area contributed by atoms with E-state index < -0.39 is 5.41 Å². The summed E-state index contributed by atoms with van der Waals surface area (Å²) < 4.78 is 5.03. The molecule has 0 aliphatic carbocycles. The Kier molecular flexibility index (Phi) is 4.02. The first-order chi connectivity index (χ1) is 9.80. The van der Waals surface area contributed by atoms with Crippen LogP contribution in [0.4, 0.5) is 5.69 Å². The fraction of sp³-hybridized carbons (Fsp3) is 0.375. The predicted molar refractivity (Wildman–Crippen MR) is 81.6 cm³/mol. The van der Waals surface area contributed by atoms with E-state index >= 15 is 0 Å². The number of nitrogens with zero attached hydrogens (tertiary/aromatic N) is 2. The van der Waals surface area contributed by atoms with Gasteiger partial charge in [0.15, 0.2) is 0 Å². The number of nitrogen functional groups attached to an aromatic ring is 1. The van der Waals surface area contributed by atoms with Crippen LogP contribution in [0.15, 0.2) is 34.9 Å². The molecule has 0 saturated heterocycles. The predicted octanol–water partition coefficient (Wildman–Crippen LogP) is 2.50. The molecule has 5 heteroatoms. The van der Waals surface area contributed by atoms with E-state index in [9.17, 15) is 4.79 Å². The number of hydrogen-bond acceptors (Lipinski definition) is 4. The lowest BCUT2D eigenvalue weighted by atomic mass is 9.83. The summed E-state index contributed by atoms with van der Waals surface area (Å²) in [4.78, 5) is 14.4. The van der Waals surface area contributed by atoms with Gasteiger partial charge in [-0.15, -0.1) is 0 Å². The van der Waals surface area contributed by atoms with E-state index in [4.69, 9.17) is 10.3 Å². The molecule has 1 heterocycles. The molecule has 1 amide bonds. The highest BCUT2D eigenvalue weighted by molar-refractivity contribution is 5.87. The van der Waals surface area contributed by atoms with E-state index in [0.717, 1.165) is 17.0 Å². The lowest BCUT2D eigenvalue weighted by Crippen LogP contribution is -2.41. The van der Waals surface area contributed by atoms with Crippen LogP contribution in [0, 0.1) is 6.92 Å². The van der Waals surface area contributed by atoms with Gasteiger partial charge in [-0.05, 0) is 38.5 Å². The number of amides is 1. The Balaban J connectivity index is 2.15. The molecule has 21 heavy (non-hydrogen) atoms. The molecule has 0 bridgehead atoms. The molecule has 0 saturated carbocycles. The van der Waals surface area contributed by atoms with Crippen LogP contribution in [0.1, 0.15) is 30.9 Å². The lowest BCUT2D eigenvalue weighted by Gasteiger charge is -2.29. The molecular formula is C16H21N3O2. The fourth-order valence-corrected chi connectivity index (χ4v) is 2.31. The van der Waals surface area contributed by atoms with Gasteiger partial charge in [0.05, 0.1) is 12.0 Å². The van der Waals surface area contributed by atoms with Gasteiger partial charge in [-0.2, -0.15) is 0 Å². The van der Waals surface area contributed by atoms with Crippen LogP contribution in [-0.4, -0.2) is 23.0 Å². The molecule has 2 aromatic rings. The van der Waals surface area contributed by atoms with Gasteiger partial charge in [0.2, 0.25) is 5.91 Å². The molecule has 0 atom stereocenters. The maximum atomic E-state index is 12.7. The summed E-state index contributed by atoms with van der Waals surface area (Å²) in [5.41, 5.74) is 7.44. The first kappa shape index (κ1) is 15.1. The number of aryl methyl sites for hydroxylation is 1. The molecule has 0 unspecified atom stereocenters. The average molecular weight is 287 g/mol. The van der Waals surface area contributed by atoms with E-state index in [1.807, 2.05) is 51.1 Å². The van der Waals surface area contributed by atoms with Crippen LogP contribution in [-0.2, 0) is 16.8 Å². The van der Waals surface area contributed by atoms with Gasteiger partial charge < -0.3 is 15.2 Å². The summed E-state index contributed by atoms with van der Waals surface area (Å²) >= 11 is 0. The number of benzene rings is 1. The molecule has 0 fully saturated rings. The first-order valence-electron chi connectivity index (χ1n) is 6.84. The zero-order chi connectivity index (χ0) is 15.6. The first-order valence-corrected chi connectivity index (χ1v) is 6.84. The molecule has 2 rings (SSSR count). The quantitative estimate of drug-likeness (QED) is 0.877. The minimum absolute atomic E-state index is 0.0212. The van der Waals surface area contributed by atoms with Crippen molar-refractivity contribution in [3.63, 3.8) is 0 Å². The number of likely N-dealkylation sites (N-methyl/N-ethyl adjacent to an activating group) is 1. The van der Waals surface area contributed by atoms with Gasteiger partial charge in [0.25, 0.3) is 0 Å². The lowest BCUT2D eigenvalue weighted by molar-refractivity contribution is -0.135. The standard InChI is InChI=1S/C16H21N3O2/c1-11-9-14(18-21-11)10-19(4)15(20)16(2,3)12-5-7-13(17)8-6-12/h5-9H,10,17H2,1-4H3. The summed E-state index contributed by atoms with van der Waals surface area (Å²) in [5.74, 6) is 0.761. The third kappa shape index (κ3) is 3.24. The summed E-state index contributed by atoms with van der Waals surface area (Å²) in [6.45, 7) is 6.07. The molecular weight excluding hydrogens is 266 g/mol. The van der Waals surface area contributed by atoms with Crippen LogP contribution >= 0.6 is 0 Å². The largest absolute Gasteiger partial charge is 0.399 e. The molecule has 2 N–H and O–H groups in total. The fourth-order valence-electron chi connectivity index (χ4n) is 2.31. The minimum Gasteiger partial charge on any atom is -0.399 e. The highest BCUT2D eigenvalue weighted by Gasteiger charge is 2.32. The molecule has 112 valence electrons. The van der Waals surface area contributed by atoms with E-state index in [-0.39, 0.29) is 5.91 Å². The topological polar surface area (TPSA) is 72.4 Å². The second kappa shape index (κ2) is 5.60. The van der Waals surface area contributed by atoms with Crippen LogP contribution in [0.3, 0.4) is 0 Å². The van der Waals surface area contributed by atoms with Crippen molar-refractivity contribution in [3.8, 4) is 0 Å². The Hall–Kier alpha value is -2.30. The van der Waals surface area contributed by atoms with Crippen molar-refractivity contribution in [3.05, 3.63) is 47.3 Å². The second-order valence-electron chi connectivity index (χ2n) is 5.84. The van der Waals surface area contributed by atoms with Gasteiger partial charge in [0, 0.05) is 18.8 Å². The van der Waals surface area contributed by atoms with E-state index in [0.29, 0.717) is 12.2 Å². The maximum absolute atomic E-state index is 12.7. The van der Waals surface area contributed by atoms with Crippen molar-refractivity contribution in [2.45, 2.75) is 32.7 Å².